The number of aliphatic carboxylic acids is 1. The lowest BCUT2D eigenvalue weighted by Gasteiger charge is -2.32. The molecule has 1 atom stereocenters. The van der Waals surface area contributed by atoms with Crippen molar-refractivity contribution in [3.8, 4) is 0 Å². The minimum atomic E-state index is -0.759. The van der Waals surface area contributed by atoms with Gasteiger partial charge in [-0.25, -0.2) is 4.98 Å². The van der Waals surface area contributed by atoms with Crippen LogP contribution in [-0.4, -0.2) is 39.5 Å². The van der Waals surface area contributed by atoms with Crippen molar-refractivity contribution in [1.82, 2.24) is 15.2 Å². The second kappa shape index (κ2) is 8.22. The first-order chi connectivity index (χ1) is 12.1. The number of hydrogen-bond donors (Lipinski definition) is 2. The van der Waals surface area contributed by atoms with Gasteiger partial charge >= 0.3 is 5.97 Å². The number of nitrogens with one attached hydrogen (secondary N) is 1. The highest BCUT2D eigenvalue weighted by atomic mass is 32.1. The molecule has 1 unspecified atom stereocenters. The van der Waals surface area contributed by atoms with Crippen LogP contribution in [0, 0.1) is 0 Å². The standard InChI is InChI=1S/C18H21N3O3S/c22-17(13-6-2-1-3-7-13)19-10-16-20-14(12-25-16)11-21-9-5-4-8-15(21)18(23)24/h1-3,6-7,12,15H,4-5,8-11H2,(H,19,22)(H,23,24). The Labute approximate surface area is 150 Å². The van der Waals surface area contributed by atoms with Crippen molar-refractivity contribution in [3.05, 3.63) is 52.0 Å². The van der Waals surface area contributed by atoms with Gasteiger partial charge in [-0.3, -0.25) is 14.5 Å². The van der Waals surface area contributed by atoms with Gasteiger partial charge in [0.15, 0.2) is 0 Å². The zero-order chi connectivity index (χ0) is 17.6. The highest BCUT2D eigenvalue weighted by Gasteiger charge is 2.28. The van der Waals surface area contributed by atoms with Crippen molar-refractivity contribution in [2.45, 2.75) is 38.4 Å². The molecule has 0 radical (unpaired) electrons. The molecule has 0 saturated carbocycles. The molecular formula is C18H21N3O3S. The SMILES string of the molecule is O=C(NCc1nc(CN2CCCCC2C(=O)O)cs1)c1ccccc1. The number of likely N-dealkylation sites (tertiary alicyclic amines) is 1. The van der Waals surface area contributed by atoms with E-state index in [0.717, 1.165) is 30.1 Å². The van der Waals surface area contributed by atoms with Crippen LogP contribution in [0.3, 0.4) is 0 Å². The minimum absolute atomic E-state index is 0.126. The summed E-state index contributed by atoms with van der Waals surface area (Å²) in [5, 5.41) is 15.0. The first-order valence-corrected chi connectivity index (χ1v) is 9.25. The number of carbonyl (C=O) groups excluding carboxylic acids is 1. The van der Waals surface area contributed by atoms with Crippen LogP contribution in [0.25, 0.3) is 0 Å². The number of carboxylic acids is 1. The van der Waals surface area contributed by atoms with Gasteiger partial charge in [0, 0.05) is 17.5 Å². The van der Waals surface area contributed by atoms with Crippen LogP contribution >= 0.6 is 11.3 Å². The third-order valence-electron chi connectivity index (χ3n) is 4.30. The summed E-state index contributed by atoms with van der Waals surface area (Å²) in [6.45, 7) is 1.70. The smallest absolute Gasteiger partial charge is 0.320 e. The van der Waals surface area contributed by atoms with Crippen molar-refractivity contribution < 1.29 is 14.7 Å². The van der Waals surface area contributed by atoms with Gasteiger partial charge in [-0.05, 0) is 31.5 Å². The van der Waals surface area contributed by atoms with E-state index in [-0.39, 0.29) is 5.91 Å². The molecule has 2 N–H and O–H groups in total. The Morgan fingerprint density at radius 1 is 1.28 bits per heavy atom. The summed E-state index contributed by atoms with van der Waals surface area (Å²) in [4.78, 5) is 29.9. The lowest BCUT2D eigenvalue weighted by molar-refractivity contribution is -0.144. The van der Waals surface area contributed by atoms with E-state index in [9.17, 15) is 14.7 Å². The zero-order valence-electron chi connectivity index (χ0n) is 13.9. The molecule has 1 aliphatic rings. The van der Waals surface area contributed by atoms with Crippen LogP contribution in [0.5, 0.6) is 0 Å². The Morgan fingerprint density at radius 3 is 2.84 bits per heavy atom. The van der Waals surface area contributed by atoms with Crippen molar-refractivity contribution in [2.75, 3.05) is 6.54 Å². The number of carboxylic acid groups (broad SMARTS) is 1. The van der Waals surface area contributed by atoms with Gasteiger partial charge in [0.25, 0.3) is 5.91 Å². The molecule has 1 aromatic heterocycles. The zero-order valence-corrected chi connectivity index (χ0v) is 14.7. The summed E-state index contributed by atoms with van der Waals surface area (Å²) in [6.07, 6.45) is 2.68. The van der Waals surface area contributed by atoms with Crippen molar-refractivity contribution in [3.63, 3.8) is 0 Å². The molecule has 7 heteroatoms. The van der Waals surface area contributed by atoms with E-state index in [1.165, 1.54) is 11.3 Å². The molecule has 0 aliphatic carbocycles. The van der Waals surface area contributed by atoms with E-state index in [4.69, 9.17) is 0 Å². The summed E-state index contributed by atoms with van der Waals surface area (Å²) >= 11 is 1.48. The highest BCUT2D eigenvalue weighted by Crippen LogP contribution is 2.21. The molecule has 132 valence electrons. The number of aromatic nitrogens is 1. The summed E-state index contributed by atoms with van der Waals surface area (Å²) in [5.41, 5.74) is 1.49. The van der Waals surface area contributed by atoms with Gasteiger partial charge in [0.1, 0.15) is 11.0 Å². The average molecular weight is 359 g/mol. The fourth-order valence-electron chi connectivity index (χ4n) is 3.02. The van der Waals surface area contributed by atoms with E-state index in [2.05, 4.69) is 10.3 Å². The molecule has 1 aromatic carbocycles. The number of piperidine rings is 1. The van der Waals surface area contributed by atoms with Gasteiger partial charge < -0.3 is 10.4 Å². The molecule has 0 bridgehead atoms. The Bertz CT molecular complexity index is 732. The second-order valence-electron chi connectivity index (χ2n) is 6.10. The van der Waals surface area contributed by atoms with E-state index < -0.39 is 12.0 Å². The Morgan fingerprint density at radius 2 is 2.08 bits per heavy atom. The van der Waals surface area contributed by atoms with Crippen molar-refractivity contribution in [1.29, 1.82) is 0 Å². The fourth-order valence-corrected chi connectivity index (χ4v) is 3.74. The van der Waals surface area contributed by atoms with E-state index in [1.54, 1.807) is 12.1 Å². The summed E-state index contributed by atoms with van der Waals surface area (Å²) in [6, 6.07) is 8.64. The third-order valence-corrected chi connectivity index (χ3v) is 5.20. The van der Waals surface area contributed by atoms with Crippen molar-refractivity contribution in [2.24, 2.45) is 0 Å². The fraction of sp³-hybridized carbons (Fsp3) is 0.389. The van der Waals surface area contributed by atoms with Crippen LogP contribution < -0.4 is 5.32 Å². The molecule has 2 heterocycles. The van der Waals surface area contributed by atoms with Crippen LogP contribution in [0.1, 0.15) is 40.3 Å². The topological polar surface area (TPSA) is 82.5 Å². The quantitative estimate of drug-likeness (QED) is 0.828. The summed E-state index contributed by atoms with van der Waals surface area (Å²) in [7, 11) is 0. The molecule has 1 saturated heterocycles. The van der Waals surface area contributed by atoms with Gasteiger partial charge in [0.2, 0.25) is 0 Å². The Hall–Kier alpha value is -2.25. The van der Waals surface area contributed by atoms with Crippen LogP contribution in [0.2, 0.25) is 0 Å². The maximum absolute atomic E-state index is 12.1. The van der Waals surface area contributed by atoms with Gasteiger partial charge in [-0.1, -0.05) is 24.6 Å². The highest BCUT2D eigenvalue weighted by molar-refractivity contribution is 7.09. The number of thiazole rings is 1. The van der Waals surface area contributed by atoms with Crippen LogP contribution in [0.15, 0.2) is 35.7 Å². The number of benzene rings is 1. The second-order valence-corrected chi connectivity index (χ2v) is 7.04. The van der Waals surface area contributed by atoms with Gasteiger partial charge in [-0.2, -0.15) is 0 Å². The first-order valence-electron chi connectivity index (χ1n) is 8.37. The number of rotatable bonds is 6. The maximum atomic E-state index is 12.1. The molecule has 1 fully saturated rings. The average Bonchev–Trinajstić information content (AvgIpc) is 3.08. The third kappa shape index (κ3) is 4.64. The number of carbonyl (C=O) groups is 2. The summed E-state index contributed by atoms with van der Waals surface area (Å²) < 4.78 is 0. The molecule has 2 aromatic rings. The predicted molar refractivity (Wildman–Crippen MR) is 95.4 cm³/mol. The molecule has 1 aliphatic heterocycles. The first kappa shape index (κ1) is 17.6. The van der Waals surface area contributed by atoms with Crippen LogP contribution in [-0.2, 0) is 17.9 Å². The van der Waals surface area contributed by atoms with Gasteiger partial charge in [0.05, 0.1) is 12.2 Å². The van der Waals surface area contributed by atoms with Crippen LogP contribution in [0.4, 0.5) is 0 Å². The summed E-state index contributed by atoms with van der Waals surface area (Å²) in [5.74, 6) is -0.885. The molecule has 25 heavy (non-hydrogen) atoms. The van der Waals surface area contributed by atoms with Gasteiger partial charge in [-0.15, -0.1) is 11.3 Å². The molecular weight excluding hydrogens is 338 g/mol. The maximum Gasteiger partial charge on any atom is 0.320 e. The monoisotopic (exact) mass is 359 g/mol. The molecule has 0 spiro atoms. The lowest BCUT2D eigenvalue weighted by atomic mass is 10.0. The van der Waals surface area contributed by atoms with E-state index in [1.807, 2.05) is 28.5 Å². The number of nitrogens with zero attached hydrogens (tertiary/aromatic N) is 2. The Balaban J connectivity index is 1.55. The van der Waals surface area contributed by atoms with Crippen molar-refractivity contribution >= 4 is 23.2 Å². The molecule has 6 nitrogen and oxygen atoms in total. The normalized spacial score (nSPS) is 18.0. The van der Waals surface area contributed by atoms with E-state index >= 15 is 0 Å². The number of amides is 1. The lowest BCUT2D eigenvalue weighted by Crippen LogP contribution is -2.44. The number of hydrogen-bond acceptors (Lipinski definition) is 5. The Kier molecular flexibility index (Phi) is 5.78. The minimum Gasteiger partial charge on any atom is -0.480 e. The van der Waals surface area contributed by atoms with E-state index in [0.29, 0.717) is 25.1 Å². The molecule has 1 amide bonds. The molecule has 3 rings (SSSR count). The largest absolute Gasteiger partial charge is 0.480 e. The predicted octanol–water partition coefficient (Wildman–Crippen LogP) is 2.51.